The van der Waals surface area contributed by atoms with Crippen LogP contribution in [0.5, 0.6) is 0 Å². The molecule has 25 heavy (non-hydrogen) atoms. The Morgan fingerprint density at radius 2 is 1.96 bits per heavy atom. The van der Waals surface area contributed by atoms with Crippen LogP contribution in [0.1, 0.15) is 25.7 Å². The predicted molar refractivity (Wildman–Crippen MR) is 102 cm³/mol. The molecule has 2 aliphatic rings. The minimum Gasteiger partial charge on any atom is -0.379 e. The number of nitrogens with one attached hydrogen (secondary N) is 1. The summed E-state index contributed by atoms with van der Waals surface area (Å²) in [4.78, 5) is 9.31. The third-order valence-corrected chi connectivity index (χ3v) is 5.80. The first-order chi connectivity index (χ1) is 12.0. The van der Waals surface area contributed by atoms with Gasteiger partial charge in [-0.3, -0.25) is 4.99 Å². The van der Waals surface area contributed by atoms with Crippen LogP contribution in [0.3, 0.4) is 0 Å². The molecule has 0 bridgehead atoms. The van der Waals surface area contributed by atoms with Crippen molar-refractivity contribution in [2.24, 2.45) is 10.9 Å². The van der Waals surface area contributed by atoms with Crippen molar-refractivity contribution in [3.63, 3.8) is 0 Å². The Labute approximate surface area is 152 Å². The van der Waals surface area contributed by atoms with E-state index in [1.807, 2.05) is 7.05 Å². The Kier molecular flexibility index (Phi) is 8.45. The molecule has 146 valence electrons. The van der Waals surface area contributed by atoms with Crippen molar-refractivity contribution < 1.29 is 13.2 Å². The quantitative estimate of drug-likeness (QED) is 0.377. The zero-order valence-electron chi connectivity index (χ0n) is 15.7. The molecule has 0 aromatic rings. The molecule has 0 spiro atoms. The maximum absolute atomic E-state index is 11.0. The topological polar surface area (TPSA) is 74.2 Å². The molecule has 2 rings (SSSR count). The molecule has 0 radical (unpaired) electrons. The molecular formula is C17H34N4O3S. The van der Waals surface area contributed by atoms with Crippen LogP contribution in [0.25, 0.3) is 0 Å². The highest BCUT2D eigenvalue weighted by atomic mass is 32.2. The summed E-state index contributed by atoms with van der Waals surface area (Å²) in [7, 11) is -1.13. The molecule has 0 aromatic carbocycles. The fourth-order valence-corrected chi connectivity index (χ4v) is 3.98. The second-order valence-electron chi connectivity index (χ2n) is 7.18. The summed E-state index contributed by atoms with van der Waals surface area (Å²) >= 11 is 0. The van der Waals surface area contributed by atoms with E-state index in [1.54, 1.807) is 0 Å². The van der Waals surface area contributed by atoms with E-state index in [0.29, 0.717) is 13.2 Å². The smallest absolute Gasteiger partial charge is 0.193 e. The zero-order valence-corrected chi connectivity index (χ0v) is 16.6. The van der Waals surface area contributed by atoms with E-state index in [-0.39, 0.29) is 12.4 Å². The third-order valence-electron chi connectivity index (χ3n) is 4.89. The van der Waals surface area contributed by atoms with Gasteiger partial charge in [0.2, 0.25) is 0 Å². The van der Waals surface area contributed by atoms with Crippen molar-refractivity contribution in [1.82, 2.24) is 15.1 Å². The fourth-order valence-electron chi connectivity index (χ4n) is 3.56. The molecule has 2 fully saturated rings. The molecule has 1 atom stereocenters. The number of guanidine groups is 1. The summed E-state index contributed by atoms with van der Waals surface area (Å²) in [6.07, 6.45) is 6.53. The van der Waals surface area contributed by atoms with Crippen LogP contribution in [-0.2, 0) is 14.6 Å². The van der Waals surface area contributed by atoms with Gasteiger partial charge >= 0.3 is 0 Å². The number of likely N-dealkylation sites (tertiary alicyclic amines) is 2. The van der Waals surface area contributed by atoms with Gasteiger partial charge in [-0.2, -0.15) is 0 Å². The Bertz CT molecular complexity index is 518. The van der Waals surface area contributed by atoms with Gasteiger partial charge in [-0.05, 0) is 38.3 Å². The van der Waals surface area contributed by atoms with E-state index in [0.717, 1.165) is 25.0 Å². The minimum absolute atomic E-state index is 0.0754. The van der Waals surface area contributed by atoms with Crippen LogP contribution >= 0.6 is 0 Å². The highest BCUT2D eigenvalue weighted by molar-refractivity contribution is 7.90. The van der Waals surface area contributed by atoms with Gasteiger partial charge in [-0.1, -0.05) is 6.42 Å². The van der Waals surface area contributed by atoms with Crippen molar-refractivity contribution in [3.8, 4) is 0 Å². The lowest BCUT2D eigenvalue weighted by atomic mass is 10.1. The van der Waals surface area contributed by atoms with Crippen LogP contribution in [0.4, 0.5) is 0 Å². The lowest BCUT2D eigenvalue weighted by Crippen LogP contribution is -2.42. The molecule has 7 nitrogen and oxygen atoms in total. The van der Waals surface area contributed by atoms with Crippen molar-refractivity contribution in [2.45, 2.75) is 25.7 Å². The van der Waals surface area contributed by atoms with Gasteiger partial charge in [0.25, 0.3) is 0 Å². The number of hydrogen-bond acceptors (Lipinski definition) is 5. The van der Waals surface area contributed by atoms with Gasteiger partial charge in [-0.15, -0.1) is 0 Å². The van der Waals surface area contributed by atoms with E-state index < -0.39 is 9.84 Å². The summed E-state index contributed by atoms with van der Waals surface area (Å²) in [5.41, 5.74) is 0. The zero-order chi connectivity index (χ0) is 18.1. The normalized spacial score (nSPS) is 23.2. The van der Waals surface area contributed by atoms with Gasteiger partial charge in [0, 0.05) is 39.5 Å². The van der Waals surface area contributed by atoms with E-state index in [1.165, 1.54) is 51.6 Å². The molecule has 8 heteroatoms. The molecular weight excluding hydrogens is 340 g/mol. The Morgan fingerprint density at radius 3 is 2.64 bits per heavy atom. The molecule has 0 aliphatic carbocycles. The second kappa shape index (κ2) is 10.3. The molecule has 0 amide bonds. The number of rotatable bonds is 8. The van der Waals surface area contributed by atoms with E-state index in [4.69, 9.17) is 4.74 Å². The molecule has 0 aromatic heterocycles. The number of aliphatic imine (C=N–C) groups is 1. The number of piperidine rings is 1. The number of ether oxygens (including phenoxy) is 1. The van der Waals surface area contributed by atoms with Gasteiger partial charge in [0.15, 0.2) is 5.96 Å². The molecule has 2 saturated heterocycles. The standard InChI is InChI=1S/C17H34N4O3S/c1-18-17(19-7-11-24-12-13-25(2,22)23)21-10-6-16(15-21)14-20-8-4-3-5-9-20/h16H,3-15H2,1-2H3,(H,18,19). The second-order valence-corrected chi connectivity index (χ2v) is 9.44. The Morgan fingerprint density at radius 1 is 1.20 bits per heavy atom. The Hall–Kier alpha value is -0.860. The third kappa shape index (κ3) is 7.92. The monoisotopic (exact) mass is 374 g/mol. The van der Waals surface area contributed by atoms with Crippen molar-refractivity contribution in [1.29, 1.82) is 0 Å². The maximum Gasteiger partial charge on any atom is 0.193 e. The van der Waals surface area contributed by atoms with Gasteiger partial charge in [0.05, 0.1) is 19.0 Å². The van der Waals surface area contributed by atoms with Crippen LogP contribution in [0.15, 0.2) is 4.99 Å². The Balaban J connectivity index is 1.62. The van der Waals surface area contributed by atoms with Crippen molar-refractivity contribution in [2.75, 3.05) is 71.5 Å². The average Bonchev–Trinajstić information content (AvgIpc) is 3.02. The van der Waals surface area contributed by atoms with Gasteiger partial charge < -0.3 is 19.9 Å². The lowest BCUT2D eigenvalue weighted by molar-refractivity contribution is 0.153. The van der Waals surface area contributed by atoms with E-state index in [2.05, 4.69) is 20.1 Å². The summed E-state index contributed by atoms with van der Waals surface area (Å²) in [5, 5.41) is 3.32. The summed E-state index contributed by atoms with van der Waals surface area (Å²) in [6.45, 7) is 7.22. The summed E-state index contributed by atoms with van der Waals surface area (Å²) in [5.74, 6) is 1.72. The highest BCUT2D eigenvalue weighted by Gasteiger charge is 2.26. The van der Waals surface area contributed by atoms with E-state index >= 15 is 0 Å². The van der Waals surface area contributed by atoms with Crippen LogP contribution in [0.2, 0.25) is 0 Å². The van der Waals surface area contributed by atoms with Crippen molar-refractivity contribution >= 4 is 15.8 Å². The molecule has 2 aliphatic heterocycles. The lowest BCUT2D eigenvalue weighted by Gasteiger charge is -2.29. The average molecular weight is 375 g/mol. The number of hydrogen-bond donors (Lipinski definition) is 1. The first-order valence-electron chi connectivity index (χ1n) is 9.41. The van der Waals surface area contributed by atoms with Gasteiger partial charge in [0.1, 0.15) is 9.84 Å². The maximum atomic E-state index is 11.0. The summed E-state index contributed by atoms with van der Waals surface area (Å²) < 4.78 is 27.4. The van der Waals surface area contributed by atoms with Crippen LogP contribution in [-0.4, -0.2) is 95.7 Å². The van der Waals surface area contributed by atoms with Crippen LogP contribution in [0, 0.1) is 5.92 Å². The van der Waals surface area contributed by atoms with Gasteiger partial charge in [-0.25, -0.2) is 8.42 Å². The van der Waals surface area contributed by atoms with Crippen LogP contribution < -0.4 is 5.32 Å². The minimum atomic E-state index is -2.95. The fraction of sp³-hybridized carbons (Fsp3) is 0.941. The largest absolute Gasteiger partial charge is 0.379 e. The molecule has 0 saturated carbocycles. The number of nitrogens with zero attached hydrogens (tertiary/aromatic N) is 3. The predicted octanol–water partition coefficient (Wildman–Crippen LogP) is 0.431. The summed E-state index contributed by atoms with van der Waals surface area (Å²) in [6, 6.07) is 0. The molecule has 1 N–H and O–H groups in total. The first kappa shape index (κ1) is 20.5. The first-order valence-corrected chi connectivity index (χ1v) is 11.5. The number of sulfone groups is 1. The SMILES string of the molecule is CN=C(NCCOCCS(C)(=O)=O)N1CCC(CN2CCCCC2)C1. The van der Waals surface area contributed by atoms with Crippen molar-refractivity contribution in [3.05, 3.63) is 0 Å². The molecule has 1 unspecified atom stereocenters. The van der Waals surface area contributed by atoms with E-state index in [9.17, 15) is 8.42 Å². The molecule has 2 heterocycles. The highest BCUT2D eigenvalue weighted by Crippen LogP contribution is 2.19.